The van der Waals surface area contributed by atoms with Crippen molar-refractivity contribution in [2.24, 2.45) is 0 Å². The number of rotatable bonds is 4. The second-order valence-electron chi connectivity index (χ2n) is 4.49. The Kier molecular flexibility index (Phi) is 4.35. The third-order valence-electron chi connectivity index (χ3n) is 3.17. The quantitative estimate of drug-likeness (QED) is 0.871. The van der Waals surface area contributed by atoms with Crippen LogP contribution in [0.2, 0.25) is 0 Å². The van der Waals surface area contributed by atoms with E-state index in [2.05, 4.69) is 10.2 Å². The van der Waals surface area contributed by atoms with Gasteiger partial charge < -0.3 is 4.90 Å². The Balaban J connectivity index is 2.49. The summed E-state index contributed by atoms with van der Waals surface area (Å²) in [6.45, 7) is 5.03. The van der Waals surface area contributed by atoms with Crippen LogP contribution in [-0.4, -0.2) is 28.1 Å². The second-order valence-corrected chi connectivity index (χ2v) is 4.49. The maximum Gasteiger partial charge on any atom is 0.416 e. The minimum Gasteiger partial charge on any atom is -0.353 e. The summed E-state index contributed by atoms with van der Waals surface area (Å²) in [6.07, 6.45) is -4.44. The number of nitriles is 1. The van der Waals surface area contributed by atoms with Crippen molar-refractivity contribution in [2.75, 3.05) is 18.0 Å². The van der Waals surface area contributed by atoms with E-state index >= 15 is 0 Å². The number of nitrogens with zero attached hydrogens (tertiary/aromatic N) is 5. The summed E-state index contributed by atoms with van der Waals surface area (Å²) in [6, 6.07) is 6.59. The predicted octanol–water partition coefficient (Wildman–Crippen LogP) is 3.00. The topological polar surface area (TPSA) is 57.7 Å². The highest BCUT2D eigenvalue weighted by Gasteiger charge is 2.30. The van der Waals surface area contributed by atoms with E-state index in [0.717, 1.165) is 16.9 Å². The number of aromatic nitrogens is 3. The fraction of sp³-hybridized carbons (Fsp3) is 0.357. The number of halogens is 3. The van der Waals surface area contributed by atoms with Crippen LogP contribution in [0.25, 0.3) is 5.69 Å². The molecule has 0 aliphatic heterocycles. The third-order valence-corrected chi connectivity index (χ3v) is 3.17. The molecule has 0 aliphatic rings. The molecule has 0 atom stereocenters. The Bertz CT molecular complexity index is 695. The van der Waals surface area contributed by atoms with Gasteiger partial charge in [0.15, 0.2) is 5.82 Å². The van der Waals surface area contributed by atoms with E-state index in [1.54, 1.807) is 0 Å². The van der Waals surface area contributed by atoms with Gasteiger partial charge in [-0.2, -0.15) is 18.4 Å². The average molecular weight is 309 g/mol. The first kappa shape index (κ1) is 15.8. The largest absolute Gasteiger partial charge is 0.416 e. The average Bonchev–Trinajstić information content (AvgIpc) is 2.92. The minimum atomic E-state index is -4.44. The van der Waals surface area contributed by atoms with Crippen LogP contribution < -0.4 is 4.90 Å². The molecule has 116 valence electrons. The summed E-state index contributed by atoms with van der Waals surface area (Å²) in [5.74, 6) is 0.366. The molecular weight excluding hydrogens is 295 g/mol. The Morgan fingerprint density at radius 1 is 1.23 bits per heavy atom. The van der Waals surface area contributed by atoms with Crippen LogP contribution in [0.3, 0.4) is 0 Å². The number of hydrogen-bond acceptors (Lipinski definition) is 4. The molecule has 22 heavy (non-hydrogen) atoms. The zero-order chi connectivity index (χ0) is 16.3. The Labute approximate surface area is 125 Å². The van der Waals surface area contributed by atoms with Crippen molar-refractivity contribution < 1.29 is 13.2 Å². The summed E-state index contributed by atoms with van der Waals surface area (Å²) in [5, 5.41) is 17.3. The first-order chi connectivity index (χ1) is 10.4. The number of alkyl halides is 3. The van der Waals surface area contributed by atoms with Crippen LogP contribution in [0.5, 0.6) is 0 Å². The first-order valence-electron chi connectivity index (χ1n) is 6.70. The molecule has 0 amide bonds. The maximum atomic E-state index is 12.8. The van der Waals surface area contributed by atoms with E-state index in [1.807, 2.05) is 24.8 Å². The van der Waals surface area contributed by atoms with Gasteiger partial charge >= 0.3 is 6.18 Å². The highest BCUT2D eigenvalue weighted by molar-refractivity contribution is 5.50. The van der Waals surface area contributed by atoms with Crippen LogP contribution in [0, 0.1) is 11.3 Å². The standard InChI is InChI=1S/C14H14F3N5/c1-3-21(4-2)13-12(9-18)19-22(20-13)11-7-5-6-10(8-11)14(15,16)17/h5-8H,3-4H2,1-2H3. The Hall–Kier alpha value is -2.56. The summed E-state index contributed by atoms with van der Waals surface area (Å²) in [5.41, 5.74) is -0.545. The van der Waals surface area contributed by atoms with Gasteiger partial charge in [-0.15, -0.1) is 15.0 Å². The molecule has 0 N–H and O–H groups in total. The van der Waals surface area contributed by atoms with Gasteiger partial charge in [-0.05, 0) is 32.0 Å². The highest BCUT2D eigenvalue weighted by atomic mass is 19.4. The predicted molar refractivity (Wildman–Crippen MR) is 74.6 cm³/mol. The fourth-order valence-corrected chi connectivity index (χ4v) is 2.03. The highest BCUT2D eigenvalue weighted by Crippen LogP contribution is 2.30. The van der Waals surface area contributed by atoms with E-state index in [1.165, 1.54) is 12.1 Å². The smallest absolute Gasteiger partial charge is 0.353 e. The SMILES string of the molecule is CCN(CC)c1nn(-c2cccc(C(F)(F)F)c2)nc1C#N. The molecule has 5 nitrogen and oxygen atoms in total. The number of hydrogen-bond donors (Lipinski definition) is 0. The summed E-state index contributed by atoms with van der Waals surface area (Å²) < 4.78 is 38.3. The van der Waals surface area contributed by atoms with Gasteiger partial charge in [0.05, 0.1) is 11.3 Å². The molecule has 1 heterocycles. The lowest BCUT2D eigenvalue weighted by atomic mass is 10.2. The fourth-order valence-electron chi connectivity index (χ4n) is 2.03. The lowest BCUT2D eigenvalue weighted by Gasteiger charge is -2.16. The lowest BCUT2D eigenvalue weighted by molar-refractivity contribution is -0.137. The zero-order valence-corrected chi connectivity index (χ0v) is 12.1. The molecule has 2 rings (SSSR count). The zero-order valence-electron chi connectivity index (χ0n) is 12.1. The van der Waals surface area contributed by atoms with Crippen molar-refractivity contribution in [2.45, 2.75) is 20.0 Å². The Morgan fingerprint density at radius 3 is 2.45 bits per heavy atom. The van der Waals surface area contributed by atoms with Crippen molar-refractivity contribution >= 4 is 5.82 Å². The van der Waals surface area contributed by atoms with E-state index in [4.69, 9.17) is 5.26 Å². The van der Waals surface area contributed by atoms with E-state index in [-0.39, 0.29) is 11.4 Å². The molecule has 0 spiro atoms. The molecule has 1 aromatic heterocycles. The van der Waals surface area contributed by atoms with Crippen molar-refractivity contribution in [3.8, 4) is 11.8 Å². The molecule has 0 fully saturated rings. The maximum absolute atomic E-state index is 12.8. The van der Waals surface area contributed by atoms with E-state index in [9.17, 15) is 13.2 Å². The number of anilines is 1. The van der Waals surface area contributed by atoms with E-state index < -0.39 is 11.7 Å². The summed E-state index contributed by atoms with van der Waals surface area (Å²) >= 11 is 0. The van der Waals surface area contributed by atoms with Gasteiger partial charge in [-0.1, -0.05) is 6.07 Å². The van der Waals surface area contributed by atoms with Gasteiger partial charge in [-0.25, -0.2) is 0 Å². The van der Waals surface area contributed by atoms with Crippen molar-refractivity contribution in [3.63, 3.8) is 0 Å². The molecule has 0 saturated heterocycles. The molecule has 2 aromatic rings. The molecular formula is C14H14F3N5. The van der Waals surface area contributed by atoms with Crippen LogP contribution >= 0.6 is 0 Å². The van der Waals surface area contributed by atoms with Gasteiger partial charge in [0.2, 0.25) is 5.69 Å². The normalized spacial score (nSPS) is 11.3. The van der Waals surface area contributed by atoms with Gasteiger partial charge in [0.25, 0.3) is 0 Å². The molecule has 0 saturated carbocycles. The molecule has 0 unspecified atom stereocenters. The van der Waals surface area contributed by atoms with Crippen molar-refractivity contribution in [3.05, 3.63) is 35.5 Å². The van der Waals surface area contributed by atoms with Crippen LogP contribution in [0.4, 0.5) is 19.0 Å². The van der Waals surface area contributed by atoms with Crippen molar-refractivity contribution in [1.29, 1.82) is 5.26 Å². The van der Waals surface area contributed by atoms with Crippen LogP contribution in [0.15, 0.2) is 24.3 Å². The summed E-state index contributed by atoms with van der Waals surface area (Å²) in [7, 11) is 0. The van der Waals surface area contributed by atoms with E-state index in [0.29, 0.717) is 18.9 Å². The third kappa shape index (κ3) is 3.03. The second kappa shape index (κ2) is 6.05. The Morgan fingerprint density at radius 2 is 1.91 bits per heavy atom. The van der Waals surface area contributed by atoms with Crippen LogP contribution in [-0.2, 0) is 6.18 Å². The lowest BCUT2D eigenvalue weighted by Crippen LogP contribution is -2.23. The van der Waals surface area contributed by atoms with Gasteiger partial charge in [-0.3, -0.25) is 0 Å². The minimum absolute atomic E-state index is 0.0844. The molecule has 0 radical (unpaired) electrons. The van der Waals surface area contributed by atoms with Crippen LogP contribution in [0.1, 0.15) is 25.1 Å². The van der Waals surface area contributed by atoms with Crippen molar-refractivity contribution in [1.82, 2.24) is 15.0 Å². The van der Waals surface area contributed by atoms with Gasteiger partial charge in [0.1, 0.15) is 6.07 Å². The number of benzene rings is 1. The summed E-state index contributed by atoms with van der Waals surface area (Å²) in [4.78, 5) is 2.87. The molecule has 8 heteroatoms. The monoisotopic (exact) mass is 309 g/mol. The molecule has 0 aliphatic carbocycles. The molecule has 1 aromatic carbocycles. The first-order valence-corrected chi connectivity index (χ1v) is 6.70. The molecule has 0 bridgehead atoms. The van der Waals surface area contributed by atoms with Gasteiger partial charge in [0, 0.05) is 13.1 Å².